The molecular weight excluding hydrogens is 290 g/mol. The van der Waals surface area contributed by atoms with Gasteiger partial charge in [-0.3, -0.25) is 9.48 Å². The van der Waals surface area contributed by atoms with E-state index in [1.807, 2.05) is 13.8 Å². The predicted octanol–water partition coefficient (Wildman–Crippen LogP) is 1.97. The molecule has 0 bridgehead atoms. The molecule has 0 aliphatic heterocycles. The summed E-state index contributed by atoms with van der Waals surface area (Å²) >= 11 is 5.76. The van der Waals surface area contributed by atoms with Gasteiger partial charge in [0, 0.05) is 31.1 Å². The van der Waals surface area contributed by atoms with Gasteiger partial charge in [-0.05, 0) is 26.7 Å². The van der Waals surface area contributed by atoms with Gasteiger partial charge in [-0.25, -0.2) is 0 Å². The molecule has 1 aromatic rings. The van der Waals surface area contributed by atoms with Gasteiger partial charge in [0.1, 0.15) is 0 Å². The van der Waals surface area contributed by atoms with Gasteiger partial charge in [0.05, 0.1) is 23.9 Å². The highest BCUT2D eigenvalue weighted by atomic mass is 35.5. The van der Waals surface area contributed by atoms with E-state index in [1.54, 1.807) is 16.6 Å². The molecule has 2 unspecified atom stereocenters. The van der Waals surface area contributed by atoms with Crippen LogP contribution in [-0.2, 0) is 6.54 Å². The van der Waals surface area contributed by atoms with Gasteiger partial charge in [-0.1, -0.05) is 6.42 Å². The number of halogens is 1. The summed E-state index contributed by atoms with van der Waals surface area (Å²) in [5.74, 6) is 0.641. The number of alkyl halides is 1. The summed E-state index contributed by atoms with van der Waals surface area (Å²) in [6.07, 6.45) is 2.60. The van der Waals surface area contributed by atoms with Crippen LogP contribution in [0.2, 0.25) is 0 Å². The van der Waals surface area contributed by atoms with E-state index in [9.17, 15) is 9.90 Å². The van der Waals surface area contributed by atoms with Crippen molar-refractivity contribution in [2.45, 2.75) is 45.8 Å². The summed E-state index contributed by atoms with van der Waals surface area (Å²) in [7, 11) is 1.80. The Morgan fingerprint density at radius 2 is 2.19 bits per heavy atom. The highest BCUT2D eigenvalue weighted by Gasteiger charge is 2.29. The minimum Gasteiger partial charge on any atom is -0.393 e. The monoisotopic (exact) mass is 313 g/mol. The molecule has 1 aromatic heterocycles. The number of carbonyl (C=O) groups is 1. The topological polar surface area (TPSA) is 58.4 Å². The molecule has 0 spiro atoms. The van der Waals surface area contributed by atoms with Gasteiger partial charge in [-0.15, -0.1) is 11.6 Å². The second kappa shape index (κ2) is 6.79. The number of hydrogen-bond donors (Lipinski definition) is 1. The van der Waals surface area contributed by atoms with Crippen LogP contribution in [0.5, 0.6) is 0 Å². The van der Waals surface area contributed by atoms with Crippen molar-refractivity contribution >= 4 is 17.5 Å². The molecule has 0 radical (unpaired) electrons. The van der Waals surface area contributed by atoms with E-state index in [-0.39, 0.29) is 17.9 Å². The van der Waals surface area contributed by atoms with Crippen molar-refractivity contribution in [1.29, 1.82) is 0 Å². The van der Waals surface area contributed by atoms with Crippen molar-refractivity contribution in [3.63, 3.8) is 0 Å². The van der Waals surface area contributed by atoms with E-state index in [2.05, 4.69) is 5.10 Å². The quantitative estimate of drug-likeness (QED) is 0.846. The number of aliphatic hydroxyl groups is 1. The largest absolute Gasteiger partial charge is 0.393 e. The minimum absolute atomic E-state index is 0.0232. The Morgan fingerprint density at radius 3 is 2.76 bits per heavy atom. The van der Waals surface area contributed by atoms with Gasteiger partial charge in [0.2, 0.25) is 0 Å². The van der Waals surface area contributed by atoms with Crippen LogP contribution in [0.1, 0.15) is 41.0 Å². The van der Waals surface area contributed by atoms with Crippen molar-refractivity contribution in [1.82, 2.24) is 14.7 Å². The molecule has 21 heavy (non-hydrogen) atoms. The third kappa shape index (κ3) is 3.40. The normalized spacial score (nSPS) is 21.8. The molecule has 5 nitrogen and oxygen atoms in total. The van der Waals surface area contributed by atoms with Crippen LogP contribution in [0.25, 0.3) is 0 Å². The van der Waals surface area contributed by atoms with Crippen LogP contribution in [0.4, 0.5) is 0 Å². The Morgan fingerprint density at radius 1 is 1.48 bits per heavy atom. The zero-order chi connectivity index (χ0) is 15.6. The van der Waals surface area contributed by atoms with Crippen LogP contribution in [0.15, 0.2) is 0 Å². The van der Waals surface area contributed by atoms with Crippen LogP contribution in [-0.4, -0.2) is 51.3 Å². The SMILES string of the molecule is Cc1nn(CCCl)c(C)c1C(=O)N(C)CC1CCCC1O. The number of carbonyl (C=O) groups excluding carboxylic acids is 1. The van der Waals surface area contributed by atoms with E-state index in [0.29, 0.717) is 24.5 Å². The molecule has 1 aliphatic carbocycles. The first kappa shape index (κ1) is 16.3. The molecule has 1 N–H and O–H groups in total. The highest BCUT2D eigenvalue weighted by molar-refractivity contribution is 6.17. The van der Waals surface area contributed by atoms with E-state index in [1.165, 1.54) is 0 Å². The molecule has 0 saturated heterocycles. The van der Waals surface area contributed by atoms with Crippen LogP contribution < -0.4 is 0 Å². The van der Waals surface area contributed by atoms with Crippen molar-refractivity contribution in [2.75, 3.05) is 19.5 Å². The summed E-state index contributed by atoms with van der Waals surface area (Å²) in [6, 6.07) is 0. The first-order chi connectivity index (χ1) is 9.95. The Labute approximate surface area is 130 Å². The summed E-state index contributed by atoms with van der Waals surface area (Å²) in [5, 5.41) is 14.3. The third-order valence-corrected chi connectivity index (χ3v) is 4.53. The van der Waals surface area contributed by atoms with Gasteiger partial charge in [0.15, 0.2) is 0 Å². The standard InChI is InChI=1S/C15H24ClN3O2/c1-10-14(11(2)19(17-10)8-7-16)15(21)18(3)9-12-5-4-6-13(12)20/h12-13,20H,4-9H2,1-3H3. The summed E-state index contributed by atoms with van der Waals surface area (Å²) in [4.78, 5) is 14.4. The van der Waals surface area contributed by atoms with E-state index >= 15 is 0 Å². The third-order valence-electron chi connectivity index (χ3n) is 4.37. The molecule has 1 heterocycles. The smallest absolute Gasteiger partial charge is 0.257 e. The molecule has 2 atom stereocenters. The molecular formula is C15H24ClN3O2. The first-order valence-electron chi connectivity index (χ1n) is 7.49. The predicted molar refractivity (Wildman–Crippen MR) is 82.7 cm³/mol. The number of aliphatic hydroxyl groups excluding tert-OH is 1. The zero-order valence-electron chi connectivity index (χ0n) is 13.0. The summed E-state index contributed by atoms with van der Waals surface area (Å²) in [5.41, 5.74) is 2.26. The zero-order valence-corrected chi connectivity index (χ0v) is 13.7. The Balaban J connectivity index is 2.12. The lowest BCUT2D eigenvalue weighted by Crippen LogP contribution is -2.35. The lowest BCUT2D eigenvalue weighted by molar-refractivity contribution is 0.0692. The molecule has 0 aromatic carbocycles. The Bertz CT molecular complexity index is 515. The molecule has 1 saturated carbocycles. The number of aromatic nitrogens is 2. The van der Waals surface area contributed by atoms with Crippen molar-refractivity contribution in [3.05, 3.63) is 17.0 Å². The molecule has 1 amide bonds. The average Bonchev–Trinajstić information content (AvgIpc) is 2.94. The molecule has 6 heteroatoms. The van der Waals surface area contributed by atoms with E-state index in [0.717, 1.165) is 30.7 Å². The summed E-state index contributed by atoms with van der Waals surface area (Å²) < 4.78 is 1.79. The van der Waals surface area contributed by atoms with Gasteiger partial charge in [0.25, 0.3) is 5.91 Å². The molecule has 2 rings (SSSR count). The fourth-order valence-corrected chi connectivity index (χ4v) is 3.32. The Hall–Kier alpha value is -1.07. The van der Waals surface area contributed by atoms with Crippen LogP contribution in [0, 0.1) is 19.8 Å². The van der Waals surface area contributed by atoms with E-state index in [4.69, 9.17) is 11.6 Å². The number of nitrogens with zero attached hydrogens (tertiary/aromatic N) is 3. The second-order valence-electron chi connectivity index (χ2n) is 5.90. The van der Waals surface area contributed by atoms with Gasteiger partial charge < -0.3 is 10.0 Å². The number of hydrogen-bond acceptors (Lipinski definition) is 3. The Kier molecular flexibility index (Phi) is 5.27. The maximum Gasteiger partial charge on any atom is 0.257 e. The van der Waals surface area contributed by atoms with Gasteiger partial charge in [-0.2, -0.15) is 5.10 Å². The number of aryl methyl sites for hydroxylation is 2. The fourth-order valence-electron chi connectivity index (χ4n) is 3.16. The lowest BCUT2D eigenvalue weighted by atomic mass is 10.0. The van der Waals surface area contributed by atoms with E-state index < -0.39 is 0 Å². The maximum atomic E-state index is 12.7. The maximum absolute atomic E-state index is 12.7. The molecule has 1 fully saturated rings. The minimum atomic E-state index is -0.276. The highest BCUT2D eigenvalue weighted by Crippen LogP contribution is 2.26. The van der Waals surface area contributed by atoms with Crippen molar-refractivity contribution in [2.24, 2.45) is 5.92 Å². The van der Waals surface area contributed by atoms with Crippen molar-refractivity contribution < 1.29 is 9.90 Å². The lowest BCUT2D eigenvalue weighted by Gasteiger charge is -2.23. The molecule has 118 valence electrons. The van der Waals surface area contributed by atoms with Crippen LogP contribution >= 0.6 is 11.6 Å². The van der Waals surface area contributed by atoms with Crippen molar-refractivity contribution in [3.8, 4) is 0 Å². The molecule has 1 aliphatic rings. The second-order valence-corrected chi connectivity index (χ2v) is 6.28. The van der Waals surface area contributed by atoms with Gasteiger partial charge >= 0.3 is 0 Å². The number of rotatable bonds is 5. The van der Waals surface area contributed by atoms with Crippen LogP contribution in [0.3, 0.4) is 0 Å². The summed E-state index contributed by atoms with van der Waals surface area (Å²) in [6.45, 7) is 4.95. The fraction of sp³-hybridized carbons (Fsp3) is 0.733. The first-order valence-corrected chi connectivity index (χ1v) is 8.02. The average molecular weight is 314 g/mol. The number of amides is 1.